The zero-order valence-corrected chi connectivity index (χ0v) is 20.5. The Bertz CT molecular complexity index is 1250. The second-order valence-electron chi connectivity index (χ2n) is 9.08. The van der Waals surface area contributed by atoms with Crippen LogP contribution in [0.4, 0.5) is 0 Å². The molecule has 3 atom stereocenters. The van der Waals surface area contributed by atoms with E-state index < -0.39 is 10.0 Å². The zero-order valence-electron chi connectivity index (χ0n) is 19.7. The molecular weight excluding hydrogens is 464 g/mol. The molecule has 1 N–H and O–H groups in total. The number of fused-ring (bicyclic) bond motifs is 1. The van der Waals surface area contributed by atoms with E-state index in [0.29, 0.717) is 18.8 Å². The number of nitrogens with zero attached hydrogens (tertiary/aromatic N) is 4. The fourth-order valence-electron chi connectivity index (χ4n) is 5.38. The van der Waals surface area contributed by atoms with Gasteiger partial charge in [0.2, 0.25) is 10.0 Å². The van der Waals surface area contributed by atoms with Crippen LogP contribution in [0.25, 0.3) is 11.1 Å². The van der Waals surface area contributed by atoms with Crippen molar-refractivity contribution in [2.75, 3.05) is 33.4 Å². The van der Waals surface area contributed by atoms with E-state index in [1.165, 1.54) is 13.4 Å². The van der Waals surface area contributed by atoms with E-state index in [-0.39, 0.29) is 29.5 Å². The predicted octanol–water partition coefficient (Wildman–Crippen LogP) is 2.77. The Morgan fingerprint density at radius 3 is 2.49 bits per heavy atom. The van der Waals surface area contributed by atoms with E-state index in [0.717, 1.165) is 36.1 Å². The van der Waals surface area contributed by atoms with Crippen LogP contribution in [0.3, 0.4) is 0 Å². The topological polar surface area (TPSA) is 95.9 Å². The highest BCUT2D eigenvalue weighted by atomic mass is 32.2. The summed E-state index contributed by atoms with van der Waals surface area (Å²) >= 11 is 0. The molecule has 2 aromatic carbocycles. The summed E-state index contributed by atoms with van der Waals surface area (Å²) in [5, 5.41) is 10.2. The number of benzene rings is 2. The number of ether oxygens (including phenoxy) is 1. The number of hydrogen-bond donors (Lipinski definition) is 1. The molecule has 0 unspecified atom stereocenters. The third-order valence-electron chi connectivity index (χ3n) is 7.20. The average molecular weight is 495 g/mol. The van der Waals surface area contributed by atoms with Crippen LogP contribution < -0.4 is 4.74 Å². The molecule has 3 aromatic rings. The van der Waals surface area contributed by atoms with E-state index in [1.54, 1.807) is 41.0 Å². The first-order valence-electron chi connectivity index (χ1n) is 11.9. The Morgan fingerprint density at radius 1 is 1.03 bits per heavy atom. The lowest BCUT2D eigenvalue weighted by Crippen LogP contribution is -2.67. The van der Waals surface area contributed by atoms with Crippen LogP contribution in [0, 0.1) is 0 Å². The number of rotatable bonds is 6. The molecule has 184 valence electrons. The molecule has 0 spiro atoms. The van der Waals surface area contributed by atoms with E-state index in [4.69, 9.17) is 4.74 Å². The van der Waals surface area contributed by atoms with Crippen LogP contribution in [0.15, 0.2) is 72.1 Å². The molecule has 2 aliphatic rings. The Morgan fingerprint density at radius 2 is 1.77 bits per heavy atom. The first kappa shape index (κ1) is 23.9. The average Bonchev–Trinajstić information content (AvgIpc) is 2.88. The van der Waals surface area contributed by atoms with Crippen LogP contribution in [0.5, 0.6) is 5.75 Å². The van der Waals surface area contributed by atoms with Crippen LogP contribution >= 0.6 is 0 Å². The van der Waals surface area contributed by atoms with Crippen molar-refractivity contribution in [3.8, 4) is 16.9 Å². The number of methoxy groups -OCH3 is 1. The highest BCUT2D eigenvalue weighted by Crippen LogP contribution is 2.43. The predicted molar refractivity (Wildman–Crippen MR) is 133 cm³/mol. The fourth-order valence-corrected chi connectivity index (χ4v) is 6.92. The molecule has 9 heteroatoms. The number of sulfonamides is 1. The summed E-state index contributed by atoms with van der Waals surface area (Å²) in [5.41, 5.74) is 3.06. The van der Waals surface area contributed by atoms with Crippen molar-refractivity contribution in [1.29, 1.82) is 0 Å². The largest absolute Gasteiger partial charge is 0.497 e. The Labute approximate surface area is 206 Å². The second kappa shape index (κ2) is 10.0. The van der Waals surface area contributed by atoms with Gasteiger partial charge in [-0.1, -0.05) is 30.3 Å². The van der Waals surface area contributed by atoms with Gasteiger partial charge in [0.25, 0.3) is 0 Å². The maximum absolute atomic E-state index is 13.6. The first-order valence-corrected chi connectivity index (χ1v) is 13.3. The molecule has 8 nitrogen and oxygen atoms in total. The van der Waals surface area contributed by atoms with Crippen molar-refractivity contribution in [1.82, 2.24) is 19.2 Å². The molecule has 3 heterocycles. The summed E-state index contributed by atoms with van der Waals surface area (Å²) in [5.74, 6) is 0.563. The number of hydrogen-bond acceptors (Lipinski definition) is 7. The number of aliphatic hydroxyl groups is 1. The molecular formula is C26H30N4O4S. The number of aliphatic hydroxyl groups excluding tert-OH is 1. The maximum atomic E-state index is 13.6. The third kappa shape index (κ3) is 4.56. The molecule has 35 heavy (non-hydrogen) atoms. The van der Waals surface area contributed by atoms with Crippen LogP contribution in [-0.2, 0) is 10.0 Å². The van der Waals surface area contributed by atoms with E-state index >= 15 is 0 Å². The van der Waals surface area contributed by atoms with Gasteiger partial charge in [-0.25, -0.2) is 18.4 Å². The highest BCUT2D eigenvalue weighted by Gasteiger charge is 2.50. The lowest BCUT2D eigenvalue weighted by atomic mass is 9.74. The van der Waals surface area contributed by atoms with E-state index in [9.17, 15) is 13.5 Å². The second-order valence-corrected chi connectivity index (χ2v) is 11.0. The maximum Gasteiger partial charge on any atom is 0.243 e. The van der Waals surface area contributed by atoms with Crippen molar-refractivity contribution in [2.24, 2.45) is 0 Å². The molecule has 0 aliphatic carbocycles. The zero-order chi connectivity index (χ0) is 24.4. The number of aromatic nitrogens is 2. The summed E-state index contributed by atoms with van der Waals surface area (Å²) in [4.78, 5) is 10.7. The Kier molecular flexibility index (Phi) is 6.84. The van der Waals surface area contributed by atoms with Gasteiger partial charge in [0.15, 0.2) is 0 Å². The normalized spacial score (nSPS) is 23.5. The van der Waals surface area contributed by atoms with Crippen LogP contribution in [0.2, 0.25) is 0 Å². The van der Waals surface area contributed by atoms with Gasteiger partial charge in [0.05, 0.1) is 18.6 Å². The van der Waals surface area contributed by atoms with Crippen LogP contribution in [0.1, 0.15) is 24.3 Å². The van der Waals surface area contributed by atoms with Crippen molar-refractivity contribution in [3.05, 3.63) is 72.8 Å². The fraction of sp³-hybridized carbons (Fsp3) is 0.385. The van der Waals surface area contributed by atoms with Crippen LogP contribution in [-0.4, -0.2) is 78.1 Å². The standard InChI is InChI=1S/C26H30N4O4S/c1-34-22-5-4-6-23(13-22)35(32,33)29-11-2-3-12-30-24(16-29)26(25(30)17-31)20-9-7-19(8-10-20)21-14-27-18-28-15-21/h4-10,13-15,18,24-26,31H,2-3,11-12,16-17H2,1H3/t24-,25-,26-/m1/s1. The van der Waals surface area contributed by atoms with Gasteiger partial charge in [-0.3, -0.25) is 4.90 Å². The molecule has 2 saturated heterocycles. The lowest BCUT2D eigenvalue weighted by Gasteiger charge is -2.57. The van der Waals surface area contributed by atoms with Gasteiger partial charge in [-0.05, 0) is 42.6 Å². The minimum Gasteiger partial charge on any atom is -0.497 e. The quantitative estimate of drug-likeness (QED) is 0.563. The Hall–Kier alpha value is -2.85. The van der Waals surface area contributed by atoms with Gasteiger partial charge < -0.3 is 9.84 Å². The van der Waals surface area contributed by atoms with Gasteiger partial charge in [-0.15, -0.1) is 0 Å². The van der Waals surface area contributed by atoms with Crippen molar-refractivity contribution in [3.63, 3.8) is 0 Å². The lowest BCUT2D eigenvalue weighted by molar-refractivity contribution is -0.0553. The minimum atomic E-state index is -3.68. The van der Waals surface area contributed by atoms with E-state index in [1.807, 2.05) is 12.1 Å². The van der Waals surface area contributed by atoms with Crippen molar-refractivity contribution >= 4 is 10.0 Å². The summed E-state index contributed by atoms with van der Waals surface area (Å²) in [6.07, 6.45) is 6.73. The summed E-state index contributed by atoms with van der Waals surface area (Å²) in [7, 11) is -2.15. The van der Waals surface area contributed by atoms with E-state index in [2.05, 4.69) is 27.0 Å². The summed E-state index contributed by atoms with van der Waals surface area (Å²) in [6, 6.07) is 14.9. The SMILES string of the molecule is COc1cccc(S(=O)(=O)N2CCCCN3[C@H](CO)[C@H](c4ccc(-c5cncnc5)cc4)[C@H]3C2)c1. The third-order valence-corrected chi connectivity index (χ3v) is 9.06. The molecule has 1 aromatic heterocycles. The molecule has 0 amide bonds. The molecule has 2 aliphatic heterocycles. The molecule has 0 bridgehead atoms. The first-order chi connectivity index (χ1) is 17.0. The van der Waals surface area contributed by atoms with Crippen molar-refractivity contribution in [2.45, 2.75) is 35.7 Å². The Balaban J connectivity index is 1.42. The van der Waals surface area contributed by atoms with Gasteiger partial charge >= 0.3 is 0 Å². The molecule has 2 fully saturated rings. The van der Waals surface area contributed by atoms with Gasteiger partial charge in [-0.2, -0.15) is 4.31 Å². The monoisotopic (exact) mass is 494 g/mol. The minimum absolute atomic E-state index is 0.00117. The summed E-state index contributed by atoms with van der Waals surface area (Å²) < 4.78 is 34.0. The smallest absolute Gasteiger partial charge is 0.243 e. The van der Waals surface area contributed by atoms with Gasteiger partial charge in [0.1, 0.15) is 12.1 Å². The highest BCUT2D eigenvalue weighted by molar-refractivity contribution is 7.89. The molecule has 0 radical (unpaired) electrons. The molecule has 0 saturated carbocycles. The summed E-state index contributed by atoms with van der Waals surface area (Å²) in [6.45, 7) is 1.76. The van der Waals surface area contributed by atoms with Crippen molar-refractivity contribution < 1.29 is 18.3 Å². The van der Waals surface area contributed by atoms with Gasteiger partial charge in [0, 0.05) is 55.1 Å². The molecule has 5 rings (SSSR count).